The molecule has 1 amide bonds. The van der Waals surface area contributed by atoms with E-state index < -0.39 is 0 Å². The molecule has 2 aromatic carbocycles. The van der Waals surface area contributed by atoms with Gasteiger partial charge in [-0.2, -0.15) is 0 Å². The number of aromatic nitrogens is 2. The first kappa shape index (κ1) is 13.5. The molecule has 1 heterocycles. The number of fused-ring (bicyclic) bond motifs is 2. The van der Waals surface area contributed by atoms with Crippen molar-refractivity contribution in [2.24, 2.45) is 0 Å². The zero-order valence-corrected chi connectivity index (χ0v) is 11.7. The number of carbonyl (C=O) groups excluding carboxylic acids is 1. The van der Waals surface area contributed by atoms with E-state index in [9.17, 15) is 4.79 Å². The number of hydrogen-bond donors (Lipinski definition) is 1. The third-order valence-corrected chi connectivity index (χ3v) is 3.21. The van der Waals surface area contributed by atoms with E-state index >= 15 is 0 Å². The first-order valence-electron chi connectivity index (χ1n) is 6.72. The second kappa shape index (κ2) is 5.85. The predicted molar refractivity (Wildman–Crippen MR) is 81.3 cm³/mol. The Morgan fingerprint density at radius 1 is 1.05 bits per heavy atom. The van der Waals surface area contributed by atoms with Gasteiger partial charge in [-0.3, -0.25) is 4.79 Å². The van der Waals surface area contributed by atoms with Crippen LogP contribution in [-0.2, 0) is 4.74 Å². The molecule has 0 radical (unpaired) electrons. The Bertz CT molecular complexity index is 802. The van der Waals surface area contributed by atoms with Gasteiger partial charge in [0.05, 0.1) is 28.7 Å². The summed E-state index contributed by atoms with van der Waals surface area (Å²) in [5, 5.41) is 2.81. The number of amides is 1. The van der Waals surface area contributed by atoms with E-state index in [0.717, 1.165) is 11.0 Å². The van der Waals surface area contributed by atoms with E-state index in [1.807, 2.05) is 36.4 Å². The van der Waals surface area contributed by atoms with Gasteiger partial charge in [-0.25, -0.2) is 9.97 Å². The third kappa shape index (κ3) is 2.68. The van der Waals surface area contributed by atoms with E-state index in [0.29, 0.717) is 29.7 Å². The van der Waals surface area contributed by atoms with Crippen LogP contribution in [0.2, 0.25) is 0 Å². The number of benzene rings is 2. The zero-order chi connectivity index (χ0) is 14.7. The highest BCUT2D eigenvalue weighted by molar-refractivity contribution is 6.05. The predicted octanol–water partition coefficient (Wildman–Crippen LogP) is 2.16. The van der Waals surface area contributed by atoms with Gasteiger partial charge in [0.15, 0.2) is 0 Å². The molecule has 0 aliphatic heterocycles. The molecule has 1 N–H and O–H groups in total. The number of nitrogens with zero attached hydrogens (tertiary/aromatic N) is 2. The van der Waals surface area contributed by atoms with Crippen LogP contribution in [-0.4, -0.2) is 36.1 Å². The number of nitrogens with one attached hydrogen (secondary N) is 1. The molecule has 21 heavy (non-hydrogen) atoms. The molecule has 0 aliphatic carbocycles. The molecule has 0 fully saturated rings. The maximum atomic E-state index is 12.2. The number of hydrogen-bond acceptors (Lipinski definition) is 4. The molecule has 5 heteroatoms. The molecule has 3 aromatic rings. The van der Waals surface area contributed by atoms with Crippen molar-refractivity contribution >= 4 is 28.0 Å². The SMILES string of the molecule is COCCNC(=O)c1cccc2nc3ccccc3nc12. The number of rotatable bonds is 4. The maximum absolute atomic E-state index is 12.2. The molecule has 106 valence electrons. The molecule has 0 spiro atoms. The third-order valence-electron chi connectivity index (χ3n) is 3.21. The molecule has 0 bridgehead atoms. The Kier molecular flexibility index (Phi) is 3.75. The van der Waals surface area contributed by atoms with Crippen LogP contribution < -0.4 is 5.32 Å². The molecular formula is C16H15N3O2. The quantitative estimate of drug-likeness (QED) is 0.588. The van der Waals surface area contributed by atoms with Crippen molar-refractivity contribution in [1.82, 2.24) is 15.3 Å². The molecule has 3 rings (SSSR count). The fourth-order valence-electron chi connectivity index (χ4n) is 2.19. The lowest BCUT2D eigenvalue weighted by molar-refractivity contribution is 0.0938. The monoisotopic (exact) mass is 281 g/mol. The van der Waals surface area contributed by atoms with Gasteiger partial charge < -0.3 is 10.1 Å². The van der Waals surface area contributed by atoms with Gasteiger partial charge in [-0.05, 0) is 24.3 Å². The fourth-order valence-corrected chi connectivity index (χ4v) is 2.19. The van der Waals surface area contributed by atoms with Crippen molar-refractivity contribution in [3.05, 3.63) is 48.0 Å². The molecule has 0 saturated carbocycles. The van der Waals surface area contributed by atoms with Gasteiger partial charge in [-0.1, -0.05) is 18.2 Å². The fraction of sp³-hybridized carbons (Fsp3) is 0.188. The lowest BCUT2D eigenvalue weighted by Gasteiger charge is -2.07. The maximum Gasteiger partial charge on any atom is 0.253 e. The highest BCUT2D eigenvalue weighted by Crippen LogP contribution is 2.19. The summed E-state index contributed by atoms with van der Waals surface area (Å²) in [6.45, 7) is 0.942. The van der Waals surface area contributed by atoms with E-state index in [2.05, 4.69) is 15.3 Å². The van der Waals surface area contributed by atoms with Gasteiger partial charge >= 0.3 is 0 Å². The molecule has 0 saturated heterocycles. The number of methoxy groups -OCH3 is 1. The Hall–Kier alpha value is -2.53. The highest BCUT2D eigenvalue weighted by atomic mass is 16.5. The summed E-state index contributed by atoms with van der Waals surface area (Å²) < 4.78 is 4.93. The largest absolute Gasteiger partial charge is 0.383 e. The molecule has 0 atom stereocenters. The standard InChI is InChI=1S/C16H15N3O2/c1-21-10-9-17-16(20)11-5-4-8-14-15(11)19-13-7-3-2-6-12(13)18-14/h2-8H,9-10H2,1H3,(H,17,20). The minimum absolute atomic E-state index is 0.165. The van der Waals surface area contributed by atoms with Crippen molar-refractivity contribution in [1.29, 1.82) is 0 Å². The highest BCUT2D eigenvalue weighted by Gasteiger charge is 2.12. The Morgan fingerprint density at radius 2 is 1.76 bits per heavy atom. The van der Waals surface area contributed by atoms with Crippen LogP contribution in [0.4, 0.5) is 0 Å². The lowest BCUT2D eigenvalue weighted by atomic mass is 10.1. The molecule has 1 aromatic heterocycles. The van der Waals surface area contributed by atoms with Gasteiger partial charge in [-0.15, -0.1) is 0 Å². The Labute approximate surface area is 122 Å². The van der Waals surface area contributed by atoms with Crippen LogP contribution in [0.5, 0.6) is 0 Å². The number of para-hydroxylation sites is 3. The summed E-state index contributed by atoms with van der Waals surface area (Å²) in [7, 11) is 1.60. The van der Waals surface area contributed by atoms with Gasteiger partial charge in [0.1, 0.15) is 5.52 Å². The summed E-state index contributed by atoms with van der Waals surface area (Å²) in [5.74, 6) is -0.165. The van der Waals surface area contributed by atoms with E-state index in [-0.39, 0.29) is 5.91 Å². The summed E-state index contributed by atoms with van der Waals surface area (Å²) in [5.41, 5.74) is 3.46. The normalized spacial score (nSPS) is 10.9. The minimum atomic E-state index is -0.165. The van der Waals surface area contributed by atoms with Crippen LogP contribution >= 0.6 is 0 Å². The van der Waals surface area contributed by atoms with Crippen LogP contribution in [0.1, 0.15) is 10.4 Å². The Morgan fingerprint density at radius 3 is 2.52 bits per heavy atom. The first-order chi connectivity index (χ1) is 10.3. The number of ether oxygens (including phenoxy) is 1. The second-order valence-corrected chi connectivity index (χ2v) is 4.63. The molecule has 5 nitrogen and oxygen atoms in total. The number of carbonyl (C=O) groups is 1. The summed E-state index contributed by atoms with van der Waals surface area (Å²) in [6, 6.07) is 13.1. The average Bonchev–Trinajstić information content (AvgIpc) is 2.52. The molecular weight excluding hydrogens is 266 g/mol. The van der Waals surface area contributed by atoms with Crippen molar-refractivity contribution in [3.8, 4) is 0 Å². The van der Waals surface area contributed by atoms with Gasteiger partial charge in [0, 0.05) is 13.7 Å². The Balaban J connectivity index is 2.06. The average molecular weight is 281 g/mol. The van der Waals surface area contributed by atoms with Crippen LogP contribution in [0.15, 0.2) is 42.5 Å². The topological polar surface area (TPSA) is 64.1 Å². The lowest BCUT2D eigenvalue weighted by Crippen LogP contribution is -2.27. The minimum Gasteiger partial charge on any atom is -0.383 e. The zero-order valence-electron chi connectivity index (χ0n) is 11.7. The molecule has 0 unspecified atom stereocenters. The van der Waals surface area contributed by atoms with Crippen LogP contribution in [0.25, 0.3) is 22.1 Å². The van der Waals surface area contributed by atoms with Crippen molar-refractivity contribution < 1.29 is 9.53 Å². The van der Waals surface area contributed by atoms with Gasteiger partial charge in [0.25, 0.3) is 5.91 Å². The van der Waals surface area contributed by atoms with Crippen LogP contribution in [0, 0.1) is 0 Å². The van der Waals surface area contributed by atoms with Gasteiger partial charge in [0.2, 0.25) is 0 Å². The second-order valence-electron chi connectivity index (χ2n) is 4.63. The van der Waals surface area contributed by atoms with E-state index in [1.54, 1.807) is 13.2 Å². The summed E-state index contributed by atoms with van der Waals surface area (Å²) in [6.07, 6.45) is 0. The summed E-state index contributed by atoms with van der Waals surface area (Å²) in [4.78, 5) is 21.4. The van der Waals surface area contributed by atoms with Crippen molar-refractivity contribution in [3.63, 3.8) is 0 Å². The first-order valence-corrected chi connectivity index (χ1v) is 6.72. The van der Waals surface area contributed by atoms with Crippen molar-refractivity contribution in [2.75, 3.05) is 20.3 Å². The molecule has 0 aliphatic rings. The van der Waals surface area contributed by atoms with Crippen molar-refractivity contribution in [2.45, 2.75) is 0 Å². The smallest absolute Gasteiger partial charge is 0.253 e. The van der Waals surface area contributed by atoms with E-state index in [4.69, 9.17) is 4.74 Å². The van der Waals surface area contributed by atoms with E-state index in [1.165, 1.54) is 0 Å². The van der Waals surface area contributed by atoms with Crippen LogP contribution in [0.3, 0.4) is 0 Å². The summed E-state index contributed by atoms with van der Waals surface area (Å²) >= 11 is 0.